The fraction of sp³-hybridized carbons (Fsp3) is 0.176. The molecule has 0 aliphatic heterocycles. The van der Waals surface area contributed by atoms with Crippen LogP contribution in [0.2, 0.25) is 0 Å². The van der Waals surface area contributed by atoms with Gasteiger partial charge in [-0.25, -0.2) is 4.79 Å². The van der Waals surface area contributed by atoms with Gasteiger partial charge in [0.2, 0.25) is 0 Å². The smallest absolute Gasteiger partial charge is 0.416 e. The highest BCUT2D eigenvalue weighted by molar-refractivity contribution is 6.04. The Morgan fingerprint density at radius 3 is 1.70 bits per heavy atom. The van der Waals surface area contributed by atoms with E-state index in [4.69, 9.17) is 0 Å². The normalized spacial score (nSPS) is 11.8. The third-order valence-electron chi connectivity index (χ3n) is 3.41. The summed E-state index contributed by atoms with van der Waals surface area (Å²) in [6, 6.07) is 5.64. The topological polar surface area (TPSA) is 55.4 Å². The fourth-order valence-electron chi connectivity index (χ4n) is 2.10. The van der Waals surface area contributed by atoms with E-state index in [9.17, 15) is 35.9 Å². The zero-order valence-electron chi connectivity index (χ0n) is 13.5. The van der Waals surface area contributed by atoms with Crippen LogP contribution >= 0.6 is 0 Å². The number of ether oxygens (including phenoxy) is 1. The van der Waals surface area contributed by atoms with Crippen molar-refractivity contribution in [3.63, 3.8) is 0 Å². The van der Waals surface area contributed by atoms with Gasteiger partial charge in [0.1, 0.15) is 0 Å². The van der Waals surface area contributed by atoms with Gasteiger partial charge < -0.3 is 10.1 Å². The first-order valence-corrected chi connectivity index (χ1v) is 7.21. The highest BCUT2D eigenvalue weighted by Gasteiger charge is 2.37. The molecule has 2 aromatic rings. The summed E-state index contributed by atoms with van der Waals surface area (Å²) in [5.41, 5.74) is -3.78. The van der Waals surface area contributed by atoms with Crippen molar-refractivity contribution >= 4 is 17.6 Å². The molecule has 0 heterocycles. The number of halogens is 6. The first-order valence-electron chi connectivity index (χ1n) is 7.21. The van der Waals surface area contributed by atoms with Crippen molar-refractivity contribution in [2.24, 2.45) is 0 Å². The molecule has 144 valence electrons. The number of hydrogen-bond donors (Lipinski definition) is 1. The molecular weight excluding hydrogens is 380 g/mol. The molecule has 27 heavy (non-hydrogen) atoms. The molecule has 0 atom stereocenters. The maximum Gasteiger partial charge on any atom is 0.416 e. The van der Waals surface area contributed by atoms with Gasteiger partial charge in [-0.3, -0.25) is 4.79 Å². The van der Waals surface area contributed by atoms with Crippen molar-refractivity contribution in [1.29, 1.82) is 0 Å². The second-order valence-corrected chi connectivity index (χ2v) is 5.32. The van der Waals surface area contributed by atoms with Crippen LogP contribution in [0.25, 0.3) is 0 Å². The van der Waals surface area contributed by atoms with E-state index in [1.807, 2.05) is 0 Å². The maximum absolute atomic E-state index is 12.8. The van der Waals surface area contributed by atoms with Gasteiger partial charge in [0.25, 0.3) is 5.91 Å². The summed E-state index contributed by atoms with van der Waals surface area (Å²) in [6.45, 7) is 0. The third-order valence-corrected chi connectivity index (χ3v) is 3.41. The fourth-order valence-corrected chi connectivity index (χ4v) is 2.10. The molecule has 2 rings (SSSR count). The second kappa shape index (κ2) is 7.29. The van der Waals surface area contributed by atoms with Crippen molar-refractivity contribution in [2.75, 3.05) is 12.4 Å². The summed E-state index contributed by atoms with van der Waals surface area (Å²) in [4.78, 5) is 23.4. The lowest BCUT2D eigenvalue weighted by Gasteiger charge is -2.14. The molecule has 1 N–H and O–H groups in total. The van der Waals surface area contributed by atoms with E-state index >= 15 is 0 Å². The first kappa shape index (κ1) is 20.3. The van der Waals surface area contributed by atoms with Gasteiger partial charge in [0, 0.05) is 11.3 Å². The van der Waals surface area contributed by atoms with Gasteiger partial charge in [0.05, 0.1) is 23.8 Å². The Kier molecular flexibility index (Phi) is 5.48. The lowest BCUT2D eigenvalue weighted by atomic mass is 10.0. The predicted molar refractivity (Wildman–Crippen MR) is 82.2 cm³/mol. The highest BCUT2D eigenvalue weighted by atomic mass is 19.4. The van der Waals surface area contributed by atoms with Crippen molar-refractivity contribution < 1.29 is 40.7 Å². The molecule has 4 nitrogen and oxygen atoms in total. The van der Waals surface area contributed by atoms with Crippen LogP contribution in [0.1, 0.15) is 31.8 Å². The highest BCUT2D eigenvalue weighted by Crippen LogP contribution is 2.36. The molecule has 0 spiro atoms. The zero-order chi connectivity index (χ0) is 20.4. The number of alkyl halides is 6. The number of carbonyl (C=O) groups is 2. The standard InChI is InChI=1S/C17H11F6NO3/c1-27-15(26)9-2-4-13(5-3-9)24-14(25)10-6-11(16(18,19)20)8-12(7-10)17(21,22)23/h2-8H,1H3,(H,24,25). The quantitative estimate of drug-likeness (QED) is 0.606. The summed E-state index contributed by atoms with van der Waals surface area (Å²) in [6.07, 6.45) is -10.1. The van der Waals surface area contributed by atoms with Crippen molar-refractivity contribution in [3.8, 4) is 0 Å². The Balaban J connectivity index is 2.33. The Bertz CT molecular complexity index is 824. The molecule has 0 aliphatic rings. The number of benzene rings is 2. The van der Waals surface area contributed by atoms with E-state index < -0.39 is 40.9 Å². The van der Waals surface area contributed by atoms with Crippen LogP contribution in [0, 0.1) is 0 Å². The zero-order valence-corrected chi connectivity index (χ0v) is 13.5. The number of amides is 1. The lowest BCUT2D eigenvalue weighted by molar-refractivity contribution is -0.143. The van der Waals surface area contributed by atoms with E-state index in [-0.39, 0.29) is 17.3 Å². The Hall–Kier alpha value is -3.04. The minimum atomic E-state index is -5.06. The van der Waals surface area contributed by atoms with Crippen molar-refractivity contribution in [1.82, 2.24) is 0 Å². The van der Waals surface area contributed by atoms with Crippen LogP contribution in [0.5, 0.6) is 0 Å². The van der Waals surface area contributed by atoms with E-state index in [0.29, 0.717) is 12.1 Å². The molecule has 0 aliphatic carbocycles. The van der Waals surface area contributed by atoms with Crippen molar-refractivity contribution in [2.45, 2.75) is 12.4 Å². The Labute approximate surface area is 148 Å². The van der Waals surface area contributed by atoms with E-state index in [2.05, 4.69) is 10.1 Å². The van der Waals surface area contributed by atoms with Gasteiger partial charge in [-0.2, -0.15) is 26.3 Å². The molecule has 0 radical (unpaired) electrons. The number of nitrogens with one attached hydrogen (secondary N) is 1. The molecule has 0 bridgehead atoms. The van der Waals surface area contributed by atoms with E-state index in [0.717, 1.165) is 7.11 Å². The molecule has 0 fully saturated rings. The molecular formula is C17H11F6NO3. The second-order valence-electron chi connectivity index (χ2n) is 5.32. The maximum atomic E-state index is 12.8. The number of anilines is 1. The summed E-state index contributed by atoms with van der Waals surface area (Å²) >= 11 is 0. The van der Waals surface area contributed by atoms with Crippen LogP contribution in [-0.2, 0) is 17.1 Å². The van der Waals surface area contributed by atoms with Crippen LogP contribution in [0.15, 0.2) is 42.5 Å². The summed E-state index contributed by atoms with van der Waals surface area (Å²) < 4.78 is 81.5. The van der Waals surface area contributed by atoms with E-state index in [1.165, 1.54) is 24.3 Å². The van der Waals surface area contributed by atoms with Crippen LogP contribution in [0.3, 0.4) is 0 Å². The summed E-state index contributed by atoms with van der Waals surface area (Å²) in [7, 11) is 1.16. The molecule has 0 aromatic heterocycles. The molecule has 0 unspecified atom stereocenters. The number of carbonyl (C=O) groups excluding carboxylic acids is 2. The Morgan fingerprint density at radius 1 is 0.815 bits per heavy atom. The van der Waals surface area contributed by atoms with Crippen LogP contribution in [0.4, 0.5) is 32.0 Å². The van der Waals surface area contributed by atoms with Crippen LogP contribution < -0.4 is 5.32 Å². The average Bonchev–Trinajstić information content (AvgIpc) is 2.59. The molecule has 10 heteroatoms. The summed E-state index contributed by atoms with van der Waals surface area (Å²) in [5.74, 6) is -1.82. The van der Waals surface area contributed by atoms with E-state index in [1.54, 1.807) is 0 Å². The molecule has 0 saturated heterocycles. The monoisotopic (exact) mass is 391 g/mol. The lowest BCUT2D eigenvalue weighted by Crippen LogP contribution is -2.17. The number of esters is 1. The number of rotatable bonds is 3. The van der Waals surface area contributed by atoms with Gasteiger partial charge in [-0.1, -0.05) is 0 Å². The van der Waals surface area contributed by atoms with Gasteiger partial charge >= 0.3 is 18.3 Å². The van der Waals surface area contributed by atoms with Crippen molar-refractivity contribution in [3.05, 3.63) is 64.7 Å². The van der Waals surface area contributed by atoms with Gasteiger partial charge in [-0.15, -0.1) is 0 Å². The minimum Gasteiger partial charge on any atom is -0.465 e. The Morgan fingerprint density at radius 2 is 1.30 bits per heavy atom. The average molecular weight is 391 g/mol. The molecule has 2 aromatic carbocycles. The molecule has 0 saturated carbocycles. The van der Waals surface area contributed by atoms with Crippen LogP contribution in [-0.4, -0.2) is 19.0 Å². The SMILES string of the molecule is COC(=O)c1ccc(NC(=O)c2cc(C(F)(F)F)cc(C(F)(F)F)c2)cc1. The largest absolute Gasteiger partial charge is 0.465 e. The first-order chi connectivity index (χ1) is 12.4. The minimum absolute atomic E-state index is 0.0675. The molecule has 1 amide bonds. The third kappa shape index (κ3) is 4.99. The van der Waals surface area contributed by atoms with Gasteiger partial charge in [0.15, 0.2) is 0 Å². The number of hydrogen-bond acceptors (Lipinski definition) is 3. The predicted octanol–water partition coefficient (Wildman–Crippen LogP) is 4.76. The summed E-state index contributed by atoms with van der Waals surface area (Å²) in [5, 5.41) is 2.17. The van der Waals surface area contributed by atoms with Gasteiger partial charge in [-0.05, 0) is 42.5 Å². The number of methoxy groups -OCH3 is 1.